The number of fused-ring (bicyclic) bond motifs is 1. The van der Waals surface area contributed by atoms with Gasteiger partial charge in [-0.15, -0.1) is 0 Å². The van der Waals surface area contributed by atoms with Gasteiger partial charge in [0.2, 0.25) is 11.2 Å². The van der Waals surface area contributed by atoms with Gasteiger partial charge in [0.1, 0.15) is 5.82 Å². The zero-order valence-corrected chi connectivity index (χ0v) is 13.9. The van der Waals surface area contributed by atoms with E-state index in [-0.39, 0.29) is 12.4 Å². The fraction of sp³-hybridized carbons (Fsp3) is 0.105. The van der Waals surface area contributed by atoms with Gasteiger partial charge in [-0.3, -0.25) is 4.57 Å². The van der Waals surface area contributed by atoms with Crippen LogP contribution in [0.3, 0.4) is 0 Å². The first-order chi connectivity index (χ1) is 12.7. The molecule has 0 amide bonds. The molecule has 0 spiro atoms. The lowest BCUT2D eigenvalue weighted by atomic mass is 10.2. The molecule has 0 unspecified atom stereocenters. The highest BCUT2D eigenvalue weighted by atomic mass is 19.1. The fourth-order valence-corrected chi connectivity index (χ4v) is 2.69. The first kappa shape index (κ1) is 16.0. The second kappa shape index (κ2) is 6.79. The maximum atomic E-state index is 13.0. The largest absolute Gasteiger partial charge is 0.352 e. The molecule has 0 atom stereocenters. The summed E-state index contributed by atoms with van der Waals surface area (Å²) >= 11 is 0. The highest BCUT2D eigenvalue weighted by Gasteiger charge is 2.18. The quantitative estimate of drug-likeness (QED) is 0.560. The van der Waals surface area contributed by atoms with Crippen molar-refractivity contribution < 1.29 is 14.0 Å². The molecule has 4 rings (SSSR count). The van der Waals surface area contributed by atoms with Crippen molar-refractivity contribution in [3.8, 4) is 0 Å². The van der Waals surface area contributed by atoms with E-state index in [9.17, 15) is 4.39 Å². The van der Waals surface area contributed by atoms with Crippen molar-refractivity contribution in [3.63, 3.8) is 0 Å². The van der Waals surface area contributed by atoms with Crippen LogP contribution in [-0.2, 0) is 13.2 Å². The molecule has 0 aliphatic heterocycles. The van der Waals surface area contributed by atoms with Crippen LogP contribution in [0.25, 0.3) is 11.2 Å². The van der Waals surface area contributed by atoms with Gasteiger partial charge in [0.15, 0.2) is 6.61 Å². The van der Waals surface area contributed by atoms with E-state index in [1.807, 2.05) is 34.9 Å². The first-order valence-electron chi connectivity index (χ1n) is 8.13. The normalized spacial score (nSPS) is 11.0. The van der Waals surface area contributed by atoms with Gasteiger partial charge >= 0.3 is 0 Å². The first-order valence-corrected chi connectivity index (χ1v) is 8.13. The molecule has 6 nitrogen and oxygen atoms in total. The molecule has 4 aromatic rings. The minimum Gasteiger partial charge on any atom is -0.352 e. The van der Waals surface area contributed by atoms with Gasteiger partial charge in [-0.2, -0.15) is 0 Å². The van der Waals surface area contributed by atoms with E-state index in [4.69, 9.17) is 10.6 Å². The van der Waals surface area contributed by atoms with E-state index < -0.39 is 0 Å². The van der Waals surface area contributed by atoms with Crippen molar-refractivity contribution in [2.24, 2.45) is 0 Å². The molecule has 0 saturated carbocycles. The smallest absolute Gasteiger partial charge is 0.289 e. The molecular weight excluding hydrogens is 333 g/mol. The maximum Gasteiger partial charge on any atom is 0.289 e. The summed E-state index contributed by atoms with van der Waals surface area (Å²) in [5.41, 5.74) is 9.41. The second-order valence-electron chi connectivity index (χ2n) is 5.89. The Bertz CT molecular complexity index is 1030. The van der Waals surface area contributed by atoms with Gasteiger partial charge in [0, 0.05) is 0 Å². The third-order valence-electron chi connectivity index (χ3n) is 4.05. The van der Waals surface area contributed by atoms with Gasteiger partial charge < -0.3 is 10.6 Å². The van der Waals surface area contributed by atoms with Crippen LogP contribution in [0.5, 0.6) is 0 Å². The molecule has 26 heavy (non-hydrogen) atoms. The minimum atomic E-state index is -0.284. The lowest BCUT2D eigenvalue weighted by Crippen LogP contribution is -2.45. The number of benzene rings is 2. The Morgan fingerprint density at radius 3 is 2.54 bits per heavy atom. The Morgan fingerprint density at radius 2 is 1.77 bits per heavy atom. The summed E-state index contributed by atoms with van der Waals surface area (Å²) in [5.74, 6) is 0.0804. The van der Waals surface area contributed by atoms with Crippen LogP contribution in [0.15, 0.2) is 67.3 Å². The number of hydrogen-bond acceptors (Lipinski definition) is 4. The van der Waals surface area contributed by atoms with Gasteiger partial charge in [0.25, 0.3) is 12.1 Å². The zero-order valence-electron chi connectivity index (χ0n) is 13.9. The molecule has 2 aromatic carbocycles. The topological polar surface area (TPSA) is 69.8 Å². The zero-order chi connectivity index (χ0) is 17.9. The number of nitrogens with two attached hydrogens (primary N) is 1. The molecule has 0 aliphatic carbocycles. The number of hydrogen-bond donors (Lipinski definition) is 1. The molecule has 2 aromatic heterocycles. The van der Waals surface area contributed by atoms with E-state index in [0.29, 0.717) is 23.5 Å². The number of aromatic nitrogens is 4. The molecule has 130 valence electrons. The van der Waals surface area contributed by atoms with Crippen LogP contribution in [0.1, 0.15) is 11.1 Å². The molecule has 0 bridgehead atoms. The van der Waals surface area contributed by atoms with E-state index >= 15 is 0 Å². The Hall–Kier alpha value is -3.48. The van der Waals surface area contributed by atoms with Crippen molar-refractivity contribution in [2.75, 3.05) is 5.73 Å². The van der Waals surface area contributed by atoms with Crippen LogP contribution in [0.4, 0.5) is 10.2 Å². The average molecular weight is 350 g/mol. The Balaban J connectivity index is 1.56. The number of nitrogens with zero attached hydrogens (tertiary/aromatic N) is 4. The molecule has 0 fully saturated rings. The van der Waals surface area contributed by atoms with E-state index in [1.54, 1.807) is 18.5 Å². The van der Waals surface area contributed by atoms with Crippen LogP contribution in [0, 0.1) is 5.82 Å². The maximum absolute atomic E-state index is 13.0. The predicted octanol–water partition coefficient (Wildman–Crippen LogP) is 2.12. The molecule has 0 aliphatic rings. The molecular formula is C19H17FN5O+. The van der Waals surface area contributed by atoms with Crippen molar-refractivity contribution >= 4 is 17.0 Å². The summed E-state index contributed by atoms with van der Waals surface area (Å²) < 4.78 is 16.3. The number of nitrogen functional groups attached to an aromatic ring is 1. The molecule has 2 N–H and O–H groups in total. The van der Waals surface area contributed by atoms with Gasteiger partial charge in [-0.25, -0.2) is 9.37 Å². The van der Waals surface area contributed by atoms with E-state index in [2.05, 4.69) is 9.97 Å². The third-order valence-corrected chi connectivity index (χ3v) is 4.05. The van der Waals surface area contributed by atoms with Crippen LogP contribution in [-0.4, -0.2) is 14.5 Å². The molecule has 0 saturated heterocycles. The number of imidazole rings is 1. The third kappa shape index (κ3) is 3.19. The summed E-state index contributed by atoms with van der Waals surface area (Å²) in [7, 11) is 0. The average Bonchev–Trinajstić information content (AvgIpc) is 3.07. The lowest BCUT2D eigenvalue weighted by molar-refractivity contribution is -0.885. The van der Waals surface area contributed by atoms with Gasteiger partial charge in [-0.1, -0.05) is 52.2 Å². The predicted molar refractivity (Wildman–Crippen MR) is 94.4 cm³/mol. The standard InChI is InChI=1S/C19H16FN5O/c20-16-8-6-15(7-9-16)11-26-25-13-23-19-17(18(25)21)22-12-24(19)10-14-4-2-1-3-5-14/h1-9,12-13,21H,10-11H2/p+1. The Morgan fingerprint density at radius 1 is 1.00 bits per heavy atom. The highest BCUT2D eigenvalue weighted by molar-refractivity contribution is 5.79. The molecule has 7 heteroatoms. The summed E-state index contributed by atoms with van der Waals surface area (Å²) in [6.07, 6.45) is 3.23. The van der Waals surface area contributed by atoms with Crippen molar-refractivity contribution in [2.45, 2.75) is 13.2 Å². The monoisotopic (exact) mass is 350 g/mol. The number of rotatable bonds is 5. The van der Waals surface area contributed by atoms with E-state index in [1.165, 1.54) is 23.2 Å². The van der Waals surface area contributed by atoms with Gasteiger partial charge in [-0.05, 0) is 23.3 Å². The second-order valence-corrected chi connectivity index (χ2v) is 5.89. The highest BCUT2D eigenvalue weighted by Crippen LogP contribution is 2.15. The van der Waals surface area contributed by atoms with Crippen molar-refractivity contribution in [1.29, 1.82) is 0 Å². The number of halogens is 1. The van der Waals surface area contributed by atoms with Crippen molar-refractivity contribution in [3.05, 3.63) is 84.2 Å². The number of anilines is 1. The Labute approximate surface area is 149 Å². The molecule has 2 heterocycles. The SMILES string of the molecule is Nc1c2ncn(Cc3ccccc3)c2nc[n+]1OCc1ccc(F)cc1. The van der Waals surface area contributed by atoms with Crippen molar-refractivity contribution in [1.82, 2.24) is 14.5 Å². The summed E-state index contributed by atoms with van der Waals surface area (Å²) in [6, 6.07) is 16.2. The van der Waals surface area contributed by atoms with Crippen LogP contribution in [0.2, 0.25) is 0 Å². The summed E-state index contributed by atoms with van der Waals surface area (Å²) in [4.78, 5) is 14.4. The van der Waals surface area contributed by atoms with E-state index in [0.717, 1.165) is 11.1 Å². The summed E-state index contributed by atoms with van der Waals surface area (Å²) in [5, 5.41) is 0. The Kier molecular flexibility index (Phi) is 4.18. The van der Waals surface area contributed by atoms with Gasteiger partial charge in [0.05, 0.1) is 12.9 Å². The van der Waals surface area contributed by atoms with Crippen LogP contribution >= 0.6 is 0 Å². The molecule has 0 radical (unpaired) electrons. The fourth-order valence-electron chi connectivity index (χ4n) is 2.69. The lowest BCUT2D eigenvalue weighted by Gasteiger charge is -2.06. The summed E-state index contributed by atoms with van der Waals surface area (Å²) in [6.45, 7) is 0.900. The minimum absolute atomic E-state index is 0.243. The van der Waals surface area contributed by atoms with Crippen LogP contribution < -0.4 is 15.3 Å².